The zero-order valence-corrected chi connectivity index (χ0v) is 75.0. The van der Waals surface area contributed by atoms with Crippen molar-refractivity contribution in [3.63, 3.8) is 0 Å². The minimum Gasteiger partial charge on any atom is -0.342 e. The van der Waals surface area contributed by atoms with Crippen molar-refractivity contribution < 1.29 is 49.2 Å². The number of sulfone groups is 2. The Balaban J connectivity index is 0.000000141. The number of fused-ring (bicyclic) bond motifs is 12. The summed E-state index contributed by atoms with van der Waals surface area (Å²) < 4.78 is 94.3. The van der Waals surface area contributed by atoms with Gasteiger partial charge in [-0.1, -0.05) is 79.7 Å². The van der Waals surface area contributed by atoms with Crippen molar-refractivity contribution in [3.8, 4) is 0 Å². The summed E-state index contributed by atoms with van der Waals surface area (Å²) in [7, 11) is -6.54. The molecule has 4 aromatic carbocycles. The first-order valence-corrected chi connectivity index (χ1v) is 46.4. The first-order valence-electron chi connectivity index (χ1n) is 39.8. The van der Waals surface area contributed by atoms with Gasteiger partial charge in [-0.25, -0.2) is 56.7 Å². The fourth-order valence-corrected chi connectivity index (χ4v) is 19.0. The van der Waals surface area contributed by atoms with Gasteiger partial charge in [-0.3, -0.25) is 19.2 Å². The van der Waals surface area contributed by atoms with Crippen molar-refractivity contribution in [2.24, 2.45) is 23.7 Å². The number of carbonyl (C=O) groups excluding carboxylic acids is 4. The van der Waals surface area contributed by atoms with E-state index in [2.05, 4.69) is 207 Å². The summed E-state index contributed by atoms with van der Waals surface area (Å²) in [6, 6.07) is 33.8. The molecular formula is C88H102ClF3N16O8S4. The Hall–Kier alpha value is -9.92. The molecule has 1 N–H and O–H groups in total. The Morgan fingerprint density at radius 2 is 0.750 bits per heavy atom. The molecule has 0 saturated carbocycles. The molecule has 0 saturated heterocycles. The van der Waals surface area contributed by atoms with Crippen LogP contribution in [-0.4, -0.2) is 149 Å². The first-order chi connectivity index (χ1) is 56.6. The van der Waals surface area contributed by atoms with Gasteiger partial charge in [-0.2, -0.15) is 13.2 Å². The van der Waals surface area contributed by atoms with Crippen LogP contribution in [0.4, 0.5) is 31.0 Å². The summed E-state index contributed by atoms with van der Waals surface area (Å²) in [4.78, 5) is 89.8. The lowest BCUT2D eigenvalue weighted by molar-refractivity contribution is -0.141. The summed E-state index contributed by atoms with van der Waals surface area (Å²) >= 11 is 8.79. The molecule has 120 heavy (non-hydrogen) atoms. The van der Waals surface area contributed by atoms with Gasteiger partial charge >= 0.3 is 6.18 Å². The van der Waals surface area contributed by atoms with Crippen molar-refractivity contribution in [1.82, 2.24) is 63.5 Å². The van der Waals surface area contributed by atoms with Crippen molar-refractivity contribution in [2.45, 2.75) is 180 Å². The number of rotatable bonds is 15. The standard InChI is InChI=1S/2C22H26N4O3S.C22H26N4OS.C15H20N2S.C7H4ClF3N2O/c2*1-13(2)21-20-10-16-6-7-17(30(5,28)29)11-19(16)25(20)8-9-26(21)22-23-12-18(15(4)27)14(3)24-22;1-13(2)21-20-10-16-6-7-17(28-5)11-19(16)25(20)8-9-26(21)22-23-12-18(15(4)27)14(3)24-22;1-10(2)15-14-8-11-4-5-12(18-3)9-13(11)17(14)7-6-16-15;1-3(14)4-2-12-6(8)13-5(4)7(9,10)11/h2*6-7,10-13,21H,8-9H2,1-5H3;6-7,10-13,21H,8-9H2,1-5H3;4-5,8-10,15-16H,6-7H2,1-3H3;2H,1H3/t2*21-;;;/m10.../s1. The lowest BCUT2D eigenvalue weighted by Gasteiger charge is -2.39. The van der Waals surface area contributed by atoms with Crippen LogP contribution in [0.3, 0.4) is 0 Å². The lowest BCUT2D eigenvalue weighted by atomic mass is 9.97. The number of alkyl halides is 3. The Labute approximate surface area is 711 Å². The maximum absolute atomic E-state index is 12.3. The normalized spacial score (nSPS) is 16.6. The molecule has 4 aliphatic rings. The van der Waals surface area contributed by atoms with E-state index in [9.17, 15) is 49.2 Å². The van der Waals surface area contributed by atoms with Gasteiger partial charge in [0, 0.05) is 166 Å². The third-order valence-electron chi connectivity index (χ3n) is 22.4. The van der Waals surface area contributed by atoms with Gasteiger partial charge in [0.25, 0.3) is 0 Å². The second kappa shape index (κ2) is 36.0. The van der Waals surface area contributed by atoms with Gasteiger partial charge in [-0.05, 0) is 174 Å². The smallest absolute Gasteiger partial charge is 0.342 e. The van der Waals surface area contributed by atoms with E-state index in [1.54, 1.807) is 61.5 Å². The quantitative estimate of drug-likeness (QED) is 0.0567. The number of nitrogens with zero attached hydrogens (tertiary/aromatic N) is 15. The number of hydrogen-bond acceptors (Lipinski definition) is 22. The molecule has 2 unspecified atom stereocenters. The fraction of sp³-hybridized carbons (Fsp3) is 0.409. The highest BCUT2D eigenvalue weighted by atomic mass is 35.5. The molecule has 0 radical (unpaired) electrons. The van der Waals surface area contributed by atoms with Gasteiger partial charge < -0.3 is 38.3 Å². The van der Waals surface area contributed by atoms with Crippen LogP contribution in [0.15, 0.2) is 141 Å². The molecular weight excluding hydrogens is 1630 g/mol. The molecule has 0 spiro atoms. The Morgan fingerprint density at radius 3 is 1.05 bits per heavy atom. The number of aryl methyl sites for hydroxylation is 3. The van der Waals surface area contributed by atoms with E-state index < -0.39 is 48.2 Å². The zero-order valence-electron chi connectivity index (χ0n) is 70.9. The SMILES string of the molecule is CC(=O)c1cnc(Cl)nc1C(F)(F)F.CC(=O)c1cnc(N2CCn3c(cc4ccc(S(C)(=O)=O)cc43)[C@@H]2C(C)C)nc1C.CC(=O)c1cnc(N2CCn3c(cc4ccc(S(C)(=O)=O)cc43)[C@H]2C(C)C)nc1C.CSc1ccc2cc3n(c2c1)CCN(c1ncc(C(C)=O)c(C)n1)C3C(C)C.CSc1ccc2cc3n(c2c1)CCNC3C(C)C. The molecule has 4 atom stereocenters. The number of halogens is 4. The number of thioether (sulfide) groups is 2. The molecule has 24 nitrogen and oxygen atoms in total. The molecule has 8 aromatic heterocycles. The monoisotopic (exact) mass is 1730 g/mol. The summed E-state index contributed by atoms with van der Waals surface area (Å²) in [6.07, 6.45) is 7.68. The van der Waals surface area contributed by atoms with E-state index in [0.29, 0.717) is 99.8 Å². The molecule has 12 heterocycles. The van der Waals surface area contributed by atoms with Crippen LogP contribution >= 0.6 is 35.1 Å². The Kier molecular flexibility index (Phi) is 26.8. The summed E-state index contributed by atoms with van der Waals surface area (Å²) in [5.74, 6) is 2.70. The Bertz CT molecular complexity index is 6000. The number of benzene rings is 4. The van der Waals surface area contributed by atoms with Crippen molar-refractivity contribution in [1.29, 1.82) is 0 Å². The highest BCUT2D eigenvalue weighted by Crippen LogP contribution is 2.44. The lowest BCUT2D eigenvalue weighted by Crippen LogP contribution is -2.41. The number of carbonyl (C=O) groups is 4. The van der Waals surface area contributed by atoms with E-state index in [1.165, 1.54) is 69.3 Å². The van der Waals surface area contributed by atoms with Crippen LogP contribution in [0.1, 0.15) is 194 Å². The molecule has 16 rings (SSSR count). The number of aromatic nitrogens is 12. The van der Waals surface area contributed by atoms with Crippen molar-refractivity contribution >= 4 is 139 Å². The fourth-order valence-electron chi connectivity index (χ4n) is 16.7. The predicted molar refractivity (Wildman–Crippen MR) is 470 cm³/mol. The van der Waals surface area contributed by atoms with Gasteiger partial charge in [-0.15, -0.1) is 23.5 Å². The van der Waals surface area contributed by atoms with Gasteiger partial charge in [0.05, 0.1) is 67.3 Å². The van der Waals surface area contributed by atoms with E-state index in [0.717, 1.165) is 78.2 Å². The average Bonchev–Trinajstić information content (AvgIpc) is 1.58. The zero-order chi connectivity index (χ0) is 87.2. The van der Waals surface area contributed by atoms with Crippen LogP contribution in [0.25, 0.3) is 43.6 Å². The largest absolute Gasteiger partial charge is 0.434 e. The second-order valence-electron chi connectivity index (χ2n) is 32.2. The highest BCUT2D eigenvalue weighted by Gasteiger charge is 2.40. The maximum Gasteiger partial charge on any atom is 0.434 e. The maximum atomic E-state index is 12.3. The molecule has 0 fully saturated rings. The van der Waals surface area contributed by atoms with Gasteiger partial charge in [0.1, 0.15) is 0 Å². The van der Waals surface area contributed by atoms with Crippen LogP contribution < -0.4 is 20.0 Å². The summed E-state index contributed by atoms with van der Waals surface area (Å²) in [5.41, 5.74) is 11.5. The summed E-state index contributed by atoms with van der Waals surface area (Å²) in [6.45, 7) is 35.5. The molecule has 4 aliphatic heterocycles. The average molecular weight is 1730 g/mol. The van der Waals surface area contributed by atoms with Crippen LogP contribution in [0, 0.1) is 44.4 Å². The topological polar surface area (TPSA) is 281 Å². The number of hydrogen-bond donors (Lipinski definition) is 1. The molecule has 0 aliphatic carbocycles. The van der Waals surface area contributed by atoms with Gasteiger partial charge in [0.15, 0.2) is 48.5 Å². The minimum atomic E-state index is -4.70. The highest BCUT2D eigenvalue weighted by molar-refractivity contribution is 7.98. The number of Topliss-reactive ketones (excluding diaryl/α,β-unsaturated/α-hetero) is 4. The molecule has 634 valence electrons. The van der Waals surface area contributed by atoms with E-state index >= 15 is 0 Å². The third kappa shape index (κ3) is 18.8. The van der Waals surface area contributed by atoms with Crippen LogP contribution in [0.5, 0.6) is 0 Å². The van der Waals surface area contributed by atoms with E-state index in [-0.39, 0.29) is 47.3 Å². The van der Waals surface area contributed by atoms with E-state index in [1.807, 2.05) is 44.7 Å². The van der Waals surface area contributed by atoms with Crippen molar-refractivity contribution in [3.05, 3.63) is 195 Å². The van der Waals surface area contributed by atoms with E-state index in [4.69, 9.17) is 11.6 Å². The molecule has 0 bridgehead atoms. The van der Waals surface area contributed by atoms with Crippen LogP contribution in [-0.2, 0) is 52.0 Å². The third-order valence-corrected chi connectivity index (χ3v) is 26.2. The Morgan fingerprint density at radius 1 is 0.433 bits per heavy atom. The summed E-state index contributed by atoms with van der Waals surface area (Å²) in [5, 5.41) is 7.80. The minimum absolute atomic E-state index is 0.00725. The van der Waals surface area contributed by atoms with Crippen LogP contribution in [0.2, 0.25) is 5.28 Å². The second-order valence-corrected chi connectivity index (χ2v) is 38.3. The number of ketones is 4. The molecule has 12 aromatic rings. The number of anilines is 3. The molecule has 0 amide bonds. The molecule has 32 heteroatoms. The van der Waals surface area contributed by atoms with Crippen molar-refractivity contribution in [2.75, 3.05) is 65.9 Å². The first kappa shape index (κ1) is 89.3. The van der Waals surface area contributed by atoms with Gasteiger partial charge in [0.2, 0.25) is 23.1 Å². The predicted octanol–water partition coefficient (Wildman–Crippen LogP) is 18.0. The number of nitrogens with one attached hydrogen (secondary N) is 1.